The lowest BCUT2D eigenvalue weighted by Gasteiger charge is -2.21. The van der Waals surface area contributed by atoms with E-state index in [2.05, 4.69) is 15.3 Å². The van der Waals surface area contributed by atoms with E-state index in [9.17, 15) is 13.2 Å². The van der Waals surface area contributed by atoms with E-state index in [-0.39, 0.29) is 11.6 Å². The zero-order chi connectivity index (χ0) is 13.9. The van der Waals surface area contributed by atoms with Gasteiger partial charge < -0.3 is 10.2 Å². The van der Waals surface area contributed by atoms with Gasteiger partial charge in [0.25, 0.3) is 0 Å². The third-order valence-electron chi connectivity index (χ3n) is 2.25. The van der Waals surface area contributed by atoms with Crippen LogP contribution in [0.4, 0.5) is 24.8 Å². The third-order valence-corrected chi connectivity index (χ3v) is 2.25. The average Bonchev–Trinajstić information content (AvgIpc) is 2.26. The van der Waals surface area contributed by atoms with Gasteiger partial charge in [-0.2, -0.15) is 13.2 Å². The predicted octanol–water partition coefficient (Wildman–Crippen LogP) is 2.63. The van der Waals surface area contributed by atoms with Crippen molar-refractivity contribution in [2.24, 2.45) is 5.92 Å². The molecule has 0 bridgehead atoms. The predicted molar refractivity (Wildman–Crippen MR) is 64.7 cm³/mol. The number of anilines is 2. The number of alkyl halides is 3. The number of hydrogen-bond donors (Lipinski definition) is 1. The van der Waals surface area contributed by atoms with Crippen molar-refractivity contribution in [3.63, 3.8) is 0 Å². The second-order valence-electron chi connectivity index (χ2n) is 4.46. The van der Waals surface area contributed by atoms with Crippen molar-refractivity contribution in [1.82, 2.24) is 9.97 Å². The summed E-state index contributed by atoms with van der Waals surface area (Å²) in [4.78, 5) is 8.65. The smallest absolute Gasteiger partial charge is 0.373 e. The van der Waals surface area contributed by atoms with Crippen LogP contribution < -0.4 is 10.2 Å². The molecular weight excluding hydrogens is 245 g/mol. The fraction of sp³-hybridized carbons (Fsp3) is 0.636. The first-order valence-corrected chi connectivity index (χ1v) is 5.59. The number of rotatable bonds is 4. The Bertz CT molecular complexity index is 404. The maximum Gasteiger partial charge on any atom is 0.451 e. The number of aromatic nitrogens is 2. The van der Waals surface area contributed by atoms with Crippen molar-refractivity contribution in [2.75, 3.05) is 30.9 Å². The van der Waals surface area contributed by atoms with E-state index in [1.807, 2.05) is 13.8 Å². The van der Waals surface area contributed by atoms with Crippen molar-refractivity contribution in [1.29, 1.82) is 0 Å². The molecule has 0 aliphatic heterocycles. The first-order valence-electron chi connectivity index (χ1n) is 5.59. The molecule has 0 aliphatic rings. The standard InChI is InChI=1S/C11H17F3N4/c1-7(2)6-18(4)9-5-8(15-3)16-10(17-9)11(12,13)14/h5,7H,6H2,1-4H3,(H,15,16,17). The molecule has 0 spiro atoms. The summed E-state index contributed by atoms with van der Waals surface area (Å²) in [5.41, 5.74) is 0. The van der Waals surface area contributed by atoms with Crippen LogP contribution in [-0.2, 0) is 6.18 Å². The fourth-order valence-corrected chi connectivity index (χ4v) is 1.53. The van der Waals surface area contributed by atoms with Gasteiger partial charge in [0.15, 0.2) is 0 Å². The maximum absolute atomic E-state index is 12.6. The molecule has 0 saturated heterocycles. The molecule has 0 amide bonds. The van der Waals surface area contributed by atoms with Crippen molar-refractivity contribution < 1.29 is 13.2 Å². The van der Waals surface area contributed by atoms with Gasteiger partial charge in [0.1, 0.15) is 11.6 Å². The van der Waals surface area contributed by atoms with E-state index in [4.69, 9.17) is 0 Å². The van der Waals surface area contributed by atoms with E-state index >= 15 is 0 Å². The van der Waals surface area contributed by atoms with Crippen molar-refractivity contribution in [2.45, 2.75) is 20.0 Å². The molecule has 0 aliphatic carbocycles. The van der Waals surface area contributed by atoms with Crippen LogP contribution in [0.25, 0.3) is 0 Å². The molecule has 0 unspecified atom stereocenters. The Hall–Kier alpha value is -1.53. The fourth-order valence-electron chi connectivity index (χ4n) is 1.53. The summed E-state index contributed by atoms with van der Waals surface area (Å²) in [5.74, 6) is -0.379. The van der Waals surface area contributed by atoms with Crippen LogP contribution in [-0.4, -0.2) is 30.6 Å². The third kappa shape index (κ3) is 3.75. The van der Waals surface area contributed by atoms with Gasteiger partial charge in [-0.05, 0) is 5.92 Å². The van der Waals surface area contributed by atoms with Crippen LogP contribution in [0, 0.1) is 5.92 Å². The molecular formula is C11H17F3N4. The van der Waals surface area contributed by atoms with Gasteiger partial charge in [0.2, 0.25) is 5.82 Å². The zero-order valence-electron chi connectivity index (χ0n) is 10.8. The zero-order valence-corrected chi connectivity index (χ0v) is 10.8. The molecule has 0 atom stereocenters. The Morgan fingerprint density at radius 3 is 2.39 bits per heavy atom. The molecule has 0 radical (unpaired) electrons. The first kappa shape index (κ1) is 14.5. The van der Waals surface area contributed by atoms with Crippen LogP contribution >= 0.6 is 0 Å². The molecule has 1 aromatic heterocycles. The van der Waals surface area contributed by atoms with E-state index in [0.29, 0.717) is 12.5 Å². The summed E-state index contributed by atoms with van der Waals surface area (Å²) >= 11 is 0. The lowest BCUT2D eigenvalue weighted by atomic mass is 10.2. The molecule has 4 nitrogen and oxygen atoms in total. The molecule has 1 rings (SSSR count). The van der Waals surface area contributed by atoms with E-state index < -0.39 is 12.0 Å². The van der Waals surface area contributed by atoms with Gasteiger partial charge in [-0.25, -0.2) is 9.97 Å². The van der Waals surface area contributed by atoms with Gasteiger partial charge in [-0.3, -0.25) is 0 Å². The van der Waals surface area contributed by atoms with Crippen LogP contribution in [0.2, 0.25) is 0 Å². The molecule has 1 N–H and O–H groups in total. The minimum atomic E-state index is -4.54. The highest BCUT2D eigenvalue weighted by atomic mass is 19.4. The second-order valence-corrected chi connectivity index (χ2v) is 4.46. The van der Waals surface area contributed by atoms with Crippen LogP contribution in [0.5, 0.6) is 0 Å². The van der Waals surface area contributed by atoms with Crippen molar-refractivity contribution in [3.8, 4) is 0 Å². The molecule has 102 valence electrons. The largest absolute Gasteiger partial charge is 0.451 e. The Morgan fingerprint density at radius 1 is 1.33 bits per heavy atom. The van der Waals surface area contributed by atoms with Gasteiger partial charge in [0, 0.05) is 26.7 Å². The summed E-state index contributed by atoms with van der Waals surface area (Å²) in [6.45, 7) is 4.60. The van der Waals surface area contributed by atoms with Crippen molar-refractivity contribution >= 4 is 11.6 Å². The Labute approximate surface area is 104 Å². The number of hydrogen-bond acceptors (Lipinski definition) is 4. The van der Waals surface area contributed by atoms with Crippen LogP contribution in [0.3, 0.4) is 0 Å². The summed E-state index contributed by atoms with van der Waals surface area (Å²) in [7, 11) is 3.23. The summed E-state index contributed by atoms with van der Waals surface area (Å²) < 4.78 is 37.9. The molecule has 0 saturated carbocycles. The second kappa shape index (κ2) is 5.41. The lowest BCUT2D eigenvalue weighted by Crippen LogP contribution is -2.25. The monoisotopic (exact) mass is 262 g/mol. The number of nitrogens with zero attached hydrogens (tertiary/aromatic N) is 3. The lowest BCUT2D eigenvalue weighted by molar-refractivity contribution is -0.144. The quantitative estimate of drug-likeness (QED) is 0.905. The summed E-state index contributed by atoms with van der Waals surface area (Å²) in [6, 6.07) is 1.50. The minimum absolute atomic E-state index is 0.155. The molecule has 0 aromatic carbocycles. The van der Waals surface area contributed by atoms with Gasteiger partial charge in [-0.15, -0.1) is 0 Å². The van der Waals surface area contributed by atoms with E-state index in [1.54, 1.807) is 11.9 Å². The van der Waals surface area contributed by atoms with Crippen molar-refractivity contribution in [3.05, 3.63) is 11.9 Å². The highest BCUT2D eigenvalue weighted by Crippen LogP contribution is 2.29. The highest BCUT2D eigenvalue weighted by molar-refractivity contribution is 5.49. The SMILES string of the molecule is CNc1cc(N(C)CC(C)C)nc(C(F)(F)F)n1. The topological polar surface area (TPSA) is 41.0 Å². The first-order chi connectivity index (χ1) is 8.24. The normalized spacial score (nSPS) is 11.8. The maximum atomic E-state index is 12.6. The van der Waals surface area contributed by atoms with Crippen LogP contribution in [0.1, 0.15) is 19.7 Å². The number of nitrogens with one attached hydrogen (secondary N) is 1. The highest BCUT2D eigenvalue weighted by Gasteiger charge is 2.35. The number of halogens is 3. The van der Waals surface area contributed by atoms with Crippen LogP contribution in [0.15, 0.2) is 6.07 Å². The van der Waals surface area contributed by atoms with E-state index in [0.717, 1.165) is 0 Å². The summed E-state index contributed by atoms with van der Waals surface area (Å²) in [6.07, 6.45) is -4.54. The molecule has 1 heterocycles. The molecule has 0 fully saturated rings. The summed E-state index contributed by atoms with van der Waals surface area (Å²) in [5, 5.41) is 2.61. The Kier molecular flexibility index (Phi) is 4.37. The van der Waals surface area contributed by atoms with Gasteiger partial charge in [-0.1, -0.05) is 13.8 Å². The van der Waals surface area contributed by atoms with Gasteiger partial charge >= 0.3 is 6.18 Å². The Balaban J connectivity index is 3.12. The molecule has 1 aromatic rings. The molecule has 7 heteroatoms. The Morgan fingerprint density at radius 2 is 1.94 bits per heavy atom. The van der Waals surface area contributed by atoms with Gasteiger partial charge in [0.05, 0.1) is 0 Å². The van der Waals surface area contributed by atoms with E-state index in [1.165, 1.54) is 13.1 Å². The minimum Gasteiger partial charge on any atom is -0.373 e. The average molecular weight is 262 g/mol. The molecule has 18 heavy (non-hydrogen) atoms.